The maximum atomic E-state index is 12.9. The molecule has 0 aliphatic rings. The van der Waals surface area contributed by atoms with E-state index in [2.05, 4.69) is 20.3 Å². The Morgan fingerprint density at radius 1 is 1.04 bits per heavy atom. The fourth-order valence-corrected chi connectivity index (χ4v) is 2.10. The van der Waals surface area contributed by atoms with Crippen molar-refractivity contribution in [3.8, 4) is 11.1 Å². The molecule has 0 bridgehead atoms. The van der Waals surface area contributed by atoms with Gasteiger partial charge in [0, 0.05) is 11.8 Å². The predicted octanol–water partition coefficient (Wildman–Crippen LogP) is 3.17. The lowest BCUT2D eigenvalue weighted by atomic mass is 10.1. The van der Waals surface area contributed by atoms with Crippen LogP contribution in [0.3, 0.4) is 0 Å². The number of rotatable bonds is 3. The molecule has 0 saturated heterocycles. The molecule has 8 heteroatoms. The highest BCUT2D eigenvalue weighted by Gasteiger charge is 2.11. The minimum absolute atomic E-state index is 0.104. The maximum absolute atomic E-state index is 12.9. The van der Waals surface area contributed by atoms with Gasteiger partial charge in [0.25, 0.3) is 5.91 Å². The first kappa shape index (κ1) is 15.8. The van der Waals surface area contributed by atoms with Crippen LogP contribution in [0, 0.1) is 5.95 Å². The zero-order chi connectivity index (χ0) is 17.1. The average Bonchev–Trinajstić information content (AvgIpc) is 2.58. The Labute approximate surface area is 141 Å². The highest BCUT2D eigenvalue weighted by molar-refractivity contribution is 6.29. The monoisotopic (exact) mass is 343 g/mol. The van der Waals surface area contributed by atoms with Gasteiger partial charge in [0.15, 0.2) is 0 Å². The lowest BCUT2D eigenvalue weighted by Gasteiger charge is -2.10. The van der Waals surface area contributed by atoms with Crippen LogP contribution in [0.25, 0.3) is 11.1 Å². The number of nitrogens with one attached hydrogen (secondary N) is 1. The van der Waals surface area contributed by atoms with Gasteiger partial charge in [0.05, 0.1) is 23.8 Å². The number of amides is 1. The third-order valence-electron chi connectivity index (χ3n) is 3.22. The number of hydrogen-bond acceptors (Lipinski definition) is 5. The number of benzene rings is 1. The van der Waals surface area contributed by atoms with Gasteiger partial charge in [-0.25, -0.2) is 15.0 Å². The number of nitrogen functional groups attached to an aromatic ring is 1. The van der Waals surface area contributed by atoms with E-state index in [4.69, 9.17) is 17.3 Å². The number of pyridine rings is 1. The van der Waals surface area contributed by atoms with Gasteiger partial charge in [-0.3, -0.25) is 4.79 Å². The van der Waals surface area contributed by atoms with Crippen LogP contribution in [0.1, 0.15) is 10.5 Å². The smallest absolute Gasteiger partial charge is 0.275 e. The fraction of sp³-hybridized carbons (Fsp3) is 0. The maximum Gasteiger partial charge on any atom is 0.275 e. The predicted molar refractivity (Wildman–Crippen MR) is 89.0 cm³/mol. The molecule has 120 valence electrons. The molecule has 2 aromatic heterocycles. The van der Waals surface area contributed by atoms with Gasteiger partial charge in [0.2, 0.25) is 5.95 Å². The van der Waals surface area contributed by atoms with Crippen molar-refractivity contribution >= 4 is 28.9 Å². The average molecular weight is 344 g/mol. The van der Waals surface area contributed by atoms with E-state index in [9.17, 15) is 9.18 Å². The van der Waals surface area contributed by atoms with E-state index < -0.39 is 11.9 Å². The lowest BCUT2D eigenvalue weighted by Crippen LogP contribution is -2.15. The summed E-state index contributed by atoms with van der Waals surface area (Å²) in [5.41, 5.74) is 8.20. The molecule has 1 aromatic carbocycles. The normalized spacial score (nSPS) is 10.4. The Morgan fingerprint density at radius 2 is 1.83 bits per heavy atom. The zero-order valence-corrected chi connectivity index (χ0v) is 13.0. The molecule has 3 N–H and O–H groups in total. The largest absolute Gasteiger partial charge is 0.397 e. The van der Waals surface area contributed by atoms with Crippen molar-refractivity contribution in [3.05, 3.63) is 65.7 Å². The number of nitrogens with two attached hydrogens (primary N) is 1. The van der Waals surface area contributed by atoms with Gasteiger partial charge >= 0.3 is 0 Å². The van der Waals surface area contributed by atoms with Crippen molar-refractivity contribution in [1.82, 2.24) is 15.0 Å². The minimum Gasteiger partial charge on any atom is -0.397 e. The fourth-order valence-electron chi connectivity index (χ4n) is 2.01. The molecule has 6 nitrogen and oxygen atoms in total. The Kier molecular flexibility index (Phi) is 4.35. The molecule has 0 saturated carbocycles. The minimum atomic E-state index is -0.566. The number of hydrogen-bond donors (Lipinski definition) is 2. The van der Waals surface area contributed by atoms with Crippen molar-refractivity contribution in [2.45, 2.75) is 0 Å². The Morgan fingerprint density at radius 3 is 2.50 bits per heavy atom. The number of nitrogens with zero attached hydrogens (tertiary/aromatic N) is 3. The molecule has 0 fully saturated rings. The first-order valence-electron chi connectivity index (χ1n) is 6.83. The molecule has 3 aromatic rings. The van der Waals surface area contributed by atoms with Crippen molar-refractivity contribution < 1.29 is 9.18 Å². The molecule has 0 atom stereocenters. The van der Waals surface area contributed by atoms with Crippen molar-refractivity contribution in [2.24, 2.45) is 0 Å². The Bertz CT molecular complexity index is 884. The topological polar surface area (TPSA) is 93.8 Å². The van der Waals surface area contributed by atoms with Crippen molar-refractivity contribution in [1.29, 1.82) is 0 Å². The zero-order valence-electron chi connectivity index (χ0n) is 12.2. The summed E-state index contributed by atoms with van der Waals surface area (Å²) in [4.78, 5) is 23.5. The van der Waals surface area contributed by atoms with Crippen LogP contribution in [-0.4, -0.2) is 20.9 Å². The van der Waals surface area contributed by atoms with Crippen LogP contribution in [0.2, 0.25) is 5.15 Å². The second-order valence-corrected chi connectivity index (χ2v) is 5.24. The first-order chi connectivity index (χ1) is 11.5. The van der Waals surface area contributed by atoms with Gasteiger partial charge in [-0.05, 0) is 29.8 Å². The highest BCUT2D eigenvalue weighted by Crippen LogP contribution is 2.27. The van der Waals surface area contributed by atoms with Crippen molar-refractivity contribution in [3.63, 3.8) is 0 Å². The summed E-state index contributed by atoms with van der Waals surface area (Å²) in [6, 6.07) is 7.91. The first-order valence-corrected chi connectivity index (χ1v) is 7.21. The summed E-state index contributed by atoms with van der Waals surface area (Å²) in [6.07, 6.45) is 3.94. The standard InChI is InChI=1S/C16H11ClFN5O/c17-14-8-20-13(7-21-14)16(24)23-12-5-9(1-3-11(12)19)10-2-4-15(18)22-6-10/h1-8H,19H2,(H,23,24). The van der Waals surface area contributed by atoms with Crippen LogP contribution in [-0.2, 0) is 0 Å². The van der Waals surface area contributed by atoms with Crippen LogP contribution in [0.5, 0.6) is 0 Å². The molecule has 24 heavy (non-hydrogen) atoms. The lowest BCUT2D eigenvalue weighted by molar-refractivity contribution is 0.102. The van der Waals surface area contributed by atoms with Gasteiger partial charge in [-0.15, -0.1) is 0 Å². The van der Waals surface area contributed by atoms with Crippen LogP contribution in [0.15, 0.2) is 48.9 Å². The molecular formula is C16H11ClFN5O. The van der Waals surface area contributed by atoms with E-state index in [-0.39, 0.29) is 10.8 Å². The Balaban J connectivity index is 1.87. The molecule has 0 unspecified atom stereocenters. The van der Waals surface area contributed by atoms with E-state index >= 15 is 0 Å². The molecule has 0 aliphatic carbocycles. The Hall–Kier alpha value is -3.06. The molecule has 3 rings (SSSR count). The SMILES string of the molecule is Nc1ccc(-c2ccc(F)nc2)cc1NC(=O)c1cnc(Cl)cn1. The summed E-state index contributed by atoms with van der Waals surface area (Å²) in [5.74, 6) is -1.04. The molecule has 1 amide bonds. The van der Waals surface area contributed by atoms with Gasteiger partial charge in [0.1, 0.15) is 10.8 Å². The summed E-state index contributed by atoms with van der Waals surface area (Å²) >= 11 is 5.64. The summed E-state index contributed by atoms with van der Waals surface area (Å²) in [7, 11) is 0. The van der Waals surface area contributed by atoms with Gasteiger partial charge in [-0.1, -0.05) is 17.7 Å². The number of halogens is 2. The van der Waals surface area contributed by atoms with Crippen LogP contribution < -0.4 is 11.1 Å². The van der Waals surface area contributed by atoms with Gasteiger partial charge < -0.3 is 11.1 Å². The molecule has 0 aliphatic heterocycles. The third-order valence-corrected chi connectivity index (χ3v) is 3.41. The summed E-state index contributed by atoms with van der Waals surface area (Å²) < 4.78 is 12.9. The second-order valence-electron chi connectivity index (χ2n) is 4.85. The number of aromatic nitrogens is 3. The number of carbonyl (C=O) groups excluding carboxylic acids is 1. The van der Waals surface area contributed by atoms with Crippen LogP contribution in [0.4, 0.5) is 15.8 Å². The van der Waals surface area contributed by atoms with Crippen molar-refractivity contribution in [2.75, 3.05) is 11.1 Å². The van der Waals surface area contributed by atoms with Gasteiger partial charge in [-0.2, -0.15) is 4.39 Å². The highest BCUT2D eigenvalue weighted by atomic mass is 35.5. The van der Waals surface area contributed by atoms with E-state index in [0.717, 1.165) is 5.56 Å². The number of anilines is 2. The van der Waals surface area contributed by atoms with Crippen LogP contribution >= 0.6 is 11.6 Å². The van der Waals surface area contributed by atoms with E-state index in [1.165, 1.54) is 24.7 Å². The quantitative estimate of drug-likeness (QED) is 0.562. The summed E-state index contributed by atoms with van der Waals surface area (Å²) in [5, 5.41) is 2.86. The molecular weight excluding hydrogens is 333 g/mol. The summed E-state index contributed by atoms with van der Waals surface area (Å²) in [6.45, 7) is 0. The molecule has 0 radical (unpaired) electrons. The van der Waals surface area contributed by atoms with E-state index in [1.807, 2.05) is 0 Å². The molecule has 2 heterocycles. The van der Waals surface area contributed by atoms with E-state index in [1.54, 1.807) is 24.3 Å². The second kappa shape index (κ2) is 6.59. The molecule has 0 spiro atoms. The third kappa shape index (κ3) is 3.47. The van der Waals surface area contributed by atoms with E-state index in [0.29, 0.717) is 16.9 Å². The number of carbonyl (C=O) groups is 1.